The van der Waals surface area contributed by atoms with Crippen LogP contribution in [0.5, 0.6) is 0 Å². The molecule has 1 aliphatic rings. The van der Waals surface area contributed by atoms with Gasteiger partial charge in [0.05, 0.1) is 17.8 Å². The molecule has 132 valence electrons. The van der Waals surface area contributed by atoms with E-state index >= 15 is 0 Å². The van der Waals surface area contributed by atoms with Gasteiger partial charge in [0.25, 0.3) is 0 Å². The van der Waals surface area contributed by atoms with Gasteiger partial charge in [-0.1, -0.05) is 0 Å². The van der Waals surface area contributed by atoms with Crippen LogP contribution in [0.15, 0.2) is 18.3 Å². The monoisotopic (exact) mass is 333 g/mol. The number of hydrogen-bond acceptors (Lipinski definition) is 4. The Balaban J connectivity index is 1.92. The second-order valence-electron chi connectivity index (χ2n) is 6.68. The molecular weight excluding hydrogens is 306 g/mol. The zero-order valence-corrected chi connectivity index (χ0v) is 14.9. The first-order chi connectivity index (χ1) is 11.4. The van der Waals surface area contributed by atoms with Gasteiger partial charge in [0, 0.05) is 33.2 Å². The minimum atomic E-state index is -0.190. The highest BCUT2D eigenvalue weighted by atomic mass is 16.2. The molecule has 0 aliphatic carbocycles. The Hall–Kier alpha value is -2.31. The maximum Gasteiger partial charge on any atom is 0.317 e. The quantitative estimate of drug-likeness (QED) is 0.882. The van der Waals surface area contributed by atoms with Crippen LogP contribution in [0.1, 0.15) is 26.7 Å². The van der Waals surface area contributed by atoms with Crippen molar-refractivity contribution in [1.29, 1.82) is 0 Å². The highest BCUT2D eigenvalue weighted by Crippen LogP contribution is 2.19. The number of aromatic nitrogens is 1. The highest BCUT2D eigenvalue weighted by molar-refractivity contribution is 5.93. The summed E-state index contributed by atoms with van der Waals surface area (Å²) in [7, 11) is 3.83. The molecule has 0 aromatic carbocycles. The molecular formula is C17H27N5O2. The fourth-order valence-electron chi connectivity index (χ4n) is 2.68. The van der Waals surface area contributed by atoms with Crippen LogP contribution in [-0.2, 0) is 4.79 Å². The molecule has 1 aromatic heterocycles. The van der Waals surface area contributed by atoms with Crippen LogP contribution in [0.3, 0.4) is 0 Å². The Bertz CT molecular complexity index is 571. The number of rotatable bonds is 4. The van der Waals surface area contributed by atoms with Crippen molar-refractivity contribution in [1.82, 2.24) is 15.2 Å². The van der Waals surface area contributed by atoms with Crippen molar-refractivity contribution in [2.45, 2.75) is 32.7 Å². The third-order valence-corrected chi connectivity index (χ3v) is 3.97. The number of hydrogen-bond donors (Lipinski definition) is 2. The van der Waals surface area contributed by atoms with Gasteiger partial charge in [0.2, 0.25) is 5.91 Å². The van der Waals surface area contributed by atoms with Gasteiger partial charge < -0.3 is 20.4 Å². The summed E-state index contributed by atoms with van der Waals surface area (Å²) in [5.74, 6) is 0.587. The Morgan fingerprint density at radius 1 is 1.33 bits per heavy atom. The molecule has 1 unspecified atom stereocenters. The summed E-state index contributed by atoms with van der Waals surface area (Å²) in [6.45, 7) is 5.00. The van der Waals surface area contributed by atoms with Crippen molar-refractivity contribution in [3.63, 3.8) is 0 Å². The first-order valence-corrected chi connectivity index (χ1v) is 8.36. The lowest BCUT2D eigenvalue weighted by Gasteiger charge is -2.32. The first kappa shape index (κ1) is 18.0. The summed E-state index contributed by atoms with van der Waals surface area (Å²) in [6.07, 6.45) is 3.28. The number of likely N-dealkylation sites (tertiary alicyclic amines) is 1. The molecule has 2 rings (SSSR count). The lowest BCUT2D eigenvalue weighted by Crippen LogP contribution is -2.49. The molecule has 0 bridgehead atoms. The molecule has 1 aliphatic heterocycles. The molecule has 1 atom stereocenters. The van der Waals surface area contributed by atoms with Gasteiger partial charge in [0.15, 0.2) is 0 Å². The van der Waals surface area contributed by atoms with Crippen LogP contribution < -0.4 is 15.5 Å². The fourth-order valence-corrected chi connectivity index (χ4v) is 2.68. The molecule has 1 aromatic rings. The largest absolute Gasteiger partial charge is 0.363 e. The molecule has 1 saturated heterocycles. The Morgan fingerprint density at radius 2 is 2.08 bits per heavy atom. The molecule has 2 heterocycles. The van der Waals surface area contributed by atoms with E-state index in [0.29, 0.717) is 18.8 Å². The number of nitrogens with one attached hydrogen (secondary N) is 2. The number of carbonyl (C=O) groups is 2. The van der Waals surface area contributed by atoms with Crippen LogP contribution >= 0.6 is 0 Å². The van der Waals surface area contributed by atoms with E-state index in [9.17, 15) is 9.59 Å². The number of amides is 3. The van der Waals surface area contributed by atoms with Crippen LogP contribution in [0, 0.1) is 5.92 Å². The van der Waals surface area contributed by atoms with Gasteiger partial charge in [0.1, 0.15) is 5.82 Å². The smallest absolute Gasteiger partial charge is 0.317 e. The number of piperidine rings is 1. The molecule has 0 spiro atoms. The van der Waals surface area contributed by atoms with E-state index in [2.05, 4.69) is 15.6 Å². The van der Waals surface area contributed by atoms with Gasteiger partial charge in [-0.05, 0) is 38.8 Å². The maximum atomic E-state index is 12.5. The van der Waals surface area contributed by atoms with Crippen LogP contribution in [0.2, 0.25) is 0 Å². The van der Waals surface area contributed by atoms with E-state index in [-0.39, 0.29) is 23.9 Å². The summed E-state index contributed by atoms with van der Waals surface area (Å²) in [5, 5.41) is 5.78. The average molecular weight is 333 g/mol. The van der Waals surface area contributed by atoms with Crippen molar-refractivity contribution in [2.24, 2.45) is 5.92 Å². The SMILES string of the molecule is CC(C)NC(=O)N1CCCC(C(=O)Nc2ccc(N(C)C)nc2)C1. The van der Waals surface area contributed by atoms with Crippen LogP contribution in [0.25, 0.3) is 0 Å². The number of anilines is 2. The topological polar surface area (TPSA) is 77.6 Å². The first-order valence-electron chi connectivity index (χ1n) is 8.36. The molecule has 24 heavy (non-hydrogen) atoms. The molecule has 7 heteroatoms. The third kappa shape index (κ3) is 4.84. The zero-order valence-electron chi connectivity index (χ0n) is 14.9. The summed E-state index contributed by atoms with van der Waals surface area (Å²) < 4.78 is 0. The lowest BCUT2D eigenvalue weighted by atomic mass is 9.97. The van der Waals surface area contributed by atoms with E-state index in [1.807, 2.05) is 45.0 Å². The predicted molar refractivity (Wildman–Crippen MR) is 95.2 cm³/mol. The van der Waals surface area contributed by atoms with Gasteiger partial charge in [-0.15, -0.1) is 0 Å². The zero-order chi connectivity index (χ0) is 17.7. The standard InChI is InChI=1S/C17H27N5O2/c1-12(2)19-17(24)22-9-5-6-13(11-22)16(23)20-14-7-8-15(18-10-14)21(3)4/h7-8,10,12-13H,5-6,9,11H2,1-4H3,(H,19,24)(H,20,23). The minimum Gasteiger partial charge on any atom is -0.363 e. The molecule has 3 amide bonds. The molecule has 7 nitrogen and oxygen atoms in total. The predicted octanol–water partition coefficient (Wildman–Crippen LogP) is 1.92. The van der Waals surface area contributed by atoms with Crippen molar-refractivity contribution in [2.75, 3.05) is 37.4 Å². The van der Waals surface area contributed by atoms with E-state index < -0.39 is 0 Å². The second-order valence-corrected chi connectivity index (χ2v) is 6.68. The Labute approximate surface area is 143 Å². The lowest BCUT2D eigenvalue weighted by molar-refractivity contribution is -0.121. The van der Waals surface area contributed by atoms with Gasteiger partial charge in [-0.3, -0.25) is 4.79 Å². The Morgan fingerprint density at radius 3 is 2.67 bits per heavy atom. The van der Waals surface area contributed by atoms with Crippen LogP contribution in [0.4, 0.5) is 16.3 Å². The van der Waals surface area contributed by atoms with Crippen molar-refractivity contribution in [3.05, 3.63) is 18.3 Å². The van der Waals surface area contributed by atoms with E-state index in [1.54, 1.807) is 11.1 Å². The van der Waals surface area contributed by atoms with Gasteiger partial charge in [-0.2, -0.15) is 0 Å². The van der Waals surface area contributed by atoms with E-state index in [1.165, 1.54) is 0 Å². The van der Waals surface area contributed by atoms with E-state index in [0.717, 1.165) is 18.7 Å². The third-order valence-electron chi connectivity index (χ3n) is 3.97. The average Bonchev–Trinajstić information content (AvgIpc) is 2.54. The second kappa shape index (κ2) is 7.99. The number of nitrogens with zero attached hydrogens (tertiary/aromatic N) is 3. The summed E-state index contributed by atoms with van der Waals surface area (Å²) in [5.41, 5.74) is 0.675. The number of urea groups is 1. The molecule has 0 radical (unpaired) electrons. The minimum absolute atomic E-state index is 0.0588. The van der Waals surface area contributed by atoms with Gasteiger partial charge >= 0.3 is 6.03 Å². The molecule has 1 fully saturated rings. The summed E-state index contributed by atoms with van der Waals surface area (Å²) in [4.78, 5) is 32.5. The molecule has 2 N–H and O–H groups in total. The maximum absolute atomic E-state index is 12.5. The van der Waals surface area contributed by atoms with Crippen molar-refractivity contribution in [3.8, 4) is 0 Å². The highest BCUT2D eigenvalue weighted by Gasteiger charge is 2.28. The van der Waals surface area contributed by atoms with Crippen LogP contribution in [-0.4, -0.2) is 55.0 Å². The van der Waals surface area contributed by atoms with E-state index in [4.69, 9.17) is 0 Å². The molecule has 0 saturated carbocycles. The summed E-state index contributed by atoms with van der Waals surface area (Å²) >= 11 is 0. The Kier molecular flexibility index (Phi) is 6.00. The van der Waals surface area contributed by atoms with Gasteiger partial charge in [-0.25, -0.2) is 9.78 Å². The van der Waals surface area contributed by atoms with Crippen molar-refractivity contribution < 1.29 is 9.59 Å². The normalized spacial score (nSPS) is 17.5. The fraction of sp³-hybridized carbons (Fsp3) is 0.588. The summed E-state index contributed by atoms with van der Waals surface area (Å²) in [6, 6.07) is 3.69. The number of carbonyl (C=O) groups excluding carboxylic acids is 2. The number of pyridine rings is 1. The van der Waals surface area contributed by atoms with Crippen molar-refractivity contribution >= 4 is 23.4 Å².